The van der Waals surface area contributed by atoms with E-state index in [1.165, 1.54) is 0 Å². The maximum Gasteiger partial charge on any atom is 0.315 e. The van der Waals surface area contributed by atoms with Crippen molar-refractivity contribution in [3.8, 4) is 11.5 Å². The van der Waals surface area contributed by atoms with Gasteiger partial charge in [0.25, 0.3) is 8.32 Å². The molecule has 0 spiro atoms. The van der Waals surface area contributed by atoms with E-state index in [1.807, 2.05) is 13.8 Å². The first-order valence-corrected chi connectivity index (χ1v) is 10.4. The Labute approximate surface area is 128 Å². The molecule has 0 aromatic heterocycles. The number of carbonyl (C=O) groups excluding carboxylic acids is 1. The summed E-state index contributed by atoms with van der Waals surface area (Å²) < 4.78 is 11.9. The average molecular weight is 306 g/mol. The fourth-order valence-electron chi connectivity index (χ4n) is 2.36. The van der Waals surface area contributed by atoms with E-state index in [0.717, 1.165) is 33.8 Å². The van der Waals surface area contributed by atoms with Gasteiger partial charge in [0.15, 0.2) is 0 Å². The summed E-state index contributed by atoms with van der Waals surface area (Å²) in [6.45, 7) is 17.3. The molecule has 1 heterocycles. The van der Waals surface area contributed by atoms with E-state index in [0.29, 0.717) is 6.42 Å². The summed E-state index contributed by atoms with van der Waals surface area (Å²) in [6, 6.07) is 0. The summed E-state index contributed by atoms with van der Waals surface area (Å²) in [5, 5.41) is 0.144. The van der Waals surface area contributed by atoms with Crippen LogP contribution >= 0.6 is 0 Å². The number of hydrogen-bond acceptors (Lipinski definition) is 3. The van der Waals surface area contributed by atoms with Crippen molar-refractivity contribution in [2.75, 3.05) is 0 Å². The van der Waals surface area contributed by atoms with Gasteiger partial charge < -0.3 is 9.16 Å². The zero-order valence-electron chi connectivity index (χ0n) is 14.4. The second-order valence-corrected chi connectivity index (χ2v) is 12.2. The van der Waals surface area contributed by atoms with Crippen LogP contribution in [0.5, 0.6) is 11.5 Å². The Bertz CT molecular complexity index is 610. The van der Waals surface area contributed by atoms with Crippen LogP contribution in [0.25, 0.3) is 0 Å². The van der Waals surface area contributed by atoms with E-state index in [1.54, 1.807) is 0 Å². The van der Waals surface area contributed by atoms with Crippen molar-refractivity contribution in [1.29, 1.82) is 0 Å². The summed E-state index contributed by atoms with van der Waals surface area (Å²) in [5.41, 5.74) is 4.17. The molecule has 1 aromatic rings. The van der Waals surface area contributed by atoms with Crippen LogP contribution in [0.15, 0.2) is 0 Å². The highest BCUT2D eigenvalue weighted by molar-refractivity contribution is 6.74. The fraction of sp³-hybridized carbons (Fsp3) is 0.588. The van der Waals surface area contributed by atoms with Crippen LogP contribution in [-0.4, -0.2) is 14.3 Å². The minimum atomic E-state index is -1.91. The highest BCUT2D eigenvalue weighted by Crippen LogP contribution is 2.44. The zero-order chi connectivity index (χ0) is 16.2. The van der Waals surface area contributed by atoms with Gasteiger partial charge in [-0.05, 0) is 55.6 Å². The lowest BCUT2D eigenvalue weighted by atomic mass is 9.97. The molecule has 1 aliphatic heterocycles. The summed E-state index contributed by atoms with van der Waals surface area (Å²) >= 11 is 0. The number of carbonyl (C=O) groups is 1. The third-order valence-corrected chi connectivity index (χ3v) is 9.34. The first-order chi connectivity index (χ1) is 9.45. The molecule has 21 heavy (non-hydrogen) atoms. The van der Waals surface area contributed by atoms with Gasteiger partial charge in [-0.1, -0.05) is 20.8 Å². The van der Waals surface area contributed by atoms with E-state index in [-0.39, 0.29) is 11.0 Å². The van der Waals surface area contributed by atoms with Crippen LogP contribution in [0.2, 0.25) is 18.1 Å². The van der Waals surface area contributed by atoms with E-state index >= 15 is 0 Å². The quantitative estimate of drug-likeness (QED) is 0.460. The fourth-order valence-corrected chi connectivity index (χ4v) is 3.48. The van der Waals surface area contributed by atoms with Crippen molar-refractivity contribution in [1.82, 2.24) is 0 Å². The van der Waals surface area contributed by atoms with Crippen LogP contribution in [0.1, 0.15) is 43.0 Å². The SMILES string of the molecule is Cc1c(C)c2c(c(C)c1O[Si](C)(C)C(C)(C)C)CC(=O)O2. The monoisotopic (exact) mass is 306 g/mol. The average Bonchev–Trinajstić information content (AvgIpc) is 2.73. The Morgan fingerprint density at radius 3 is 2.14 bits per heavy atom. The second kappa shape index (κ2) is 4.87. The Morgan fingerprint density at radius 2 is 1.62 bits per heavy atom. The molecule has 0 bridgehead atoms. The Balaban J connectivity index is 2.55. The predicted octanol–water partition coefficient (Wildman–Crippen LogP) is 4.46. The van der Waals surface area contributed by atoms with Gasteiger partial charge in [0.2, 0.25) is 0 Å². The molecule has 0 atom stereocenters. The molecule has 0 amide bonds. The first kappa shape index (κ1) is 16.1. The first-order valence-electron chi connectivity index (χ1n) is 7.48. The van der Waals surface area contributed by atoms with Gasteiger partial charge in [-0.2, -0.15) is 0 Å². The van der Waals surface area contributed by atoms with Gasteiger partial charge in [-0.3, -0.25) is 4.79 Å². The van der Waals surface area contributed by atoms with E-state index in [9.17, 15) is 4.79 Å². The summed E-state index contributed by atoms with van der Waals surface area (Å²) in [6.07, 6.45) is 0.357. The maximum atomic E-state index is 11.6. The number of fused-ring (bicyclic) bond motifs is 1. The van der Waals surface area contributed by atoms with Crippen LogP contribution in [0.4, 0.5) is 0 Å². The number of esters is 1. The molecule has 0 unspecified atom stereocenters. The number of benzene rings is 1. The molecular formula is C17H26O3Si. The van der Waals surface area contributed by atoms with Gasteiger partial charge in [-0.25, -0.2) is 0 Å². The topological polar surface area (TPSA) is 35.5 Å². The molecule has 1 aliphatic rings. The number of ether oxygens (including phenoxy) is 1. The van der Waals surface area contributed by atoms with Crippen LogP contribution in [-0.2, 0) is 11.2 Å². The van der Waals surface area contributed by atoms with Crippen molar-refractivity contribution >= 4 is 14.3 Å². The molecule has 4 heteroatoms. The van der Waals surface area contributed by atoms with Gasteiger partial charge >= 0.3 is 5.97 Å². The third kappa shape index (κ3) is 2.61. The van der Waals surface area contributed by atoms with Gasteiger partial charge in [0, 0.05) is 5.56 Å². The highest BCUT2D eigenvalue weighted by Gasteiger charge is 2.40. The molecule has 1 aromatic carbocycles. The van der Waals surface area contributed by atoms with Crippen molar-refractivity contribution < 1.29 is 14.0 Å². The molecule has 0 aliphatic carbocycles. The number of hydrogen-bond donors (Lipinski definition) is 0. The van der Waals surface area contributed by atoms with Crippen LogP contribution in [0.3, 0.4) is 0 Å². The Hall–Kier alpha value is -1.29. The zero-order valence-corrected chi connectivity index (χ0v) is 15.4. The van der Waals surface area contributed by atoms with Gasteiger partial charge in [0.05, 0.1) is 6.42 Å². The van der Waals surface area contributed by atoms with Crippen molar-refractivity contribution in [2.45, 2.75) is 66.1 Å². The van der Waals surface area contributed by atoms with E-state index < -0.39 is 8.32 Å². The predicted molar refractivity (Wildman–Crippen MR) is 87.8 cm³/mol. The largest absolute Gasteiger partial charge is 0.543 e. The highest BCUT2D eigenvalue weighted by atomic mass is 28.4. The van der Waals surface area contributed by atoms with E-state index in [2.05, 4.69) is 40.8 Å². The second-order valence-electron chi connectivity index (χ2n) is 7.53. The molecule has 116 valence electrons. The third-order valence-electron chi connectivity index (χ3n) is 5.01. The van der Waals surface area contributed by atoms with Crippen molar-refractivity contribution in [2.24, 2.45) is 0 Å². The molecule has 0 radical (unpaired) electrons. The minimum Gasteiger partial charge on any atom is -0.543 e. The standard InChI is InChI=1S/C17H26O3Si/c1-10-11(2)16-13(9-14(18)19-16)12(3)15(10)20-21(7,8)17(4,5)6/h9H2,1-8H3. The smallest absolute Gasteiger partial charge is 0.315 e. The van der Waals surface area contributed by atoms with Crippen LogP contribution < -0.4 is 9.16 Å². The van der Waals surface area contributed by atoms with Crippen LogP contribution in [0, 0.1) is 20.8 Å². The van der Waals surface area contributed by atoms with Gasteiger partial charge in [-0.15, -0.1) is 0 Å². The molecule has 2 rings (SSSR count). The lowest BCUT2D eigenvalue weighted by molar-refractivity contribution is -0.131. The Morgan fingerprint density at radius 1 is 1.05 bits per heavy atom. The summed E-state index contributed by atoms with van der Waals surface area (Å²) in [4.78, 5) is 11.6. The van der Waals surface area contributed by atoms with Crippen molar-refractivity contribution in [3.05, 3.63) is 22.3 Å². The van der Waals surface area contributed by atoms with Gasteiger partial charge in [0.1, 0.15) is 11.5 Å². The molecule has 3 nitrogen and oxygen atoms in total. The molecule has 0 saturated carbocycles. The lowest BCUT2D eigenvalue weighted by Crippen LogP contribution is -2.44. The number of rotatable bonds is 2. The van der Waals surface area contributed by atoms with E-state index in [4.69, 9.17) is 9.16 Å². The molecule has 0 saturated heterocycles. The normalized spacial score (nSPS) is 15.0. The lowest BCUT2D eigenvalue weighted by Gasteiger charge is -2.37. The Kier molecular flexibility index (Phi) is 3.73. The summed E-state index contributed by atoms with van der Waals surface area (Å²) in [7, 11) is -1.91. The summed E-state index contributed by atoms with van der Waals surface area (Å²) in [5.74, 6) is 1.54. The minimum absolute atomic E-state index is 0.144. The van der Waals surface area contributed by atoms with Crippen molar-refractivity contribution in [3.63, 3.8) is 0 Å². The molecular weight excluding hydrogens is 280 g/mol. The molecule has 0 fully saturated rings. The maximum absolute atomic E-state index is 11.6. The molecule has 0 N–H and O–H groups in total.